The fraction of sp³-hybridized carbons (Fsp3) is 0.0545. The molecular formula is C110H70O2. The average molecular weight is 1420 g/mol. The molecule has 0 saturated carbocycles. The van der Waals surface area contributed by atoms with Crippen molar-refractivity contribution in [2.75, 3.05) is 0 Å². The molecule has 0 aliphatic heterocycles. The zero-order valence-corrected chi connectivity index (χ0v) is 62.1. The molecule has 1 unspecified atom stereocenters. The van der Waals surface area contributed by atoms with E-state index in [-0.39, 0.29) is 5.41 Å². The van der Waals surface area contributed by atoms with Crippen molar-refractivity contribution in [2.24, 2.45) is 0 Å². The van der Waals surface area contributed by atoms with Gasteiger partial charge in [0.05, 0.1) is 0 Å². The lowest BCUT2D eigenvalue weighted by Gasteiger charge is -2.29. The van der Waals surface area contributed by atoms with Gasteiger partial charge in [-0.1, -0.05) is 348 Å². The lowest BCUT2D eigenvalue weighted by Crippen LogP contribution is -2.24. The van der Waals surface area contributed by atoms with Crippen LogP contribution < -0.4 is 0 Å². The molecule has 24 rings (SSSR count). The van der Waals surface area contributed by atoms with E-state index in [0.29, 0.717) is 0 Å². The van der Waals surface area contributed by atoms with Gasteiger partial charge in [0, 0.05) is 54.6 Å². The van der Waals surface area contributed by atoms with Crippen LogP contribution in [0.4, 0.5) is 0 Å². The molecule has 2 aromatic heterocycles. The topological polar surface area (TPSA) is 26.3 Å². The fourth-order valence-electron chi connectivity index (χ4n) is 21.0. The first-order chi connectivity index (χ1) is 55.2. The van der Waals surface area contributed by atoms with Crippen molar-refractivity contribution < 1.29 is 8.83 Å². The van der Waals surface area contributed by atoms with E-state index in [9.17, 15) is 0 Å². The number of hydrogen-bond acceptors (Lipinski definition) is 2. The first-order valence-corrected chi connectivity index (χ1v) is 39.3. The van der Waals surface area contributed by atoms with Gasteiger partial charge in [0.25, 0.3) is 0 Å². The van der Waals surface area contributed by atoms with Crippen LogP contribution in [0.25, 0.3) is 219 Å². The fourth-order valence-corrected chi connectivity index (χ4v) is 21.0. The Morgan fingerprint density at radius 2 is 0.661 bits per heavy atom. The second-order valence-corrected chi connectivity index (χ2v) is 32.0. The molecule has 2 heterocycles. The Bertz CT molecular complexity index is 7760. The third kappa shape index (κ3) is 8.81. The molecule has 0 saturated heterocycles. The van der Waals surface area contributed by atoms with Crippen molar-refractivity contribution in [1.29, 1.82) is 0 Å². The van der Waals surface area contributed by atoms with E-state index in [0.717, 1.165) is 56.0 Å². The maximum Gasteiger partial charge on any atom is 0.143 e. The highest BCUT2D eigenvalue weighted by Gasteiger charge is 2.44. The third-order valence-electron chi connectivity index (χ3n) is 25.8. The number of benzene rings is 20. The highest BCUT2D eigenvalue weighted by Crippen LogP contribution is 2.61. The minimum absolute atomic E-state index is 0.258. The SMILES string of the molecule is CC1(C)c2ccccc2-c2c1cc1c(oc3ccc4ccccc4c31)c2-c1c2ccccc2c(-c2ccc(-c3ccc(CC4(C)c5ccccc5-c5cc(-c6c7ccccc7c(-c7ccc(-c8ccccc8)c8ccccc78)c7ccccc67)c6oc7cc8ccccc8cc7c6c54)cc3)c3ccccc23)c2ccccc12. The molecule has 22 aromatic rings. The van der Waals surface area contributed by atoms with Crippen molar-refractivity contribution in [3.63, 3.8) is 0 Å². The quantitative estimate of drug-likeness (QED) is 0.142. The molecule has 0 spiro atoms. The zero-order valence-electron chi connectivity index (χ0n) is 62.1. The number of hydrogen-bond donors (Lipinski definition) is 0. The highest BCUT2D eigenvalue weighted by atomic mass is 16.3. The van der Waals surface area contributed by atoms with Gasteiger partial charge in [-0.2, -0.15) is 0 Å². The predicted molar refractivity (Wildman–Crippen MR) is 473 cm³/mol. The predicted octanol–water partition coefficient (Wildman–Crippen LogP) is 30.5. The molecule has 112 heavy (non-hydrogen) atoms. The van der Waals surface area contributed by atoms with Gasteiger partial charge in [-0.3, -0.25) is 0 Å². The summed E-state index contributed by atoms with van der Waals surface area (Å²) in [7, 11) is 0. The minimum atomic E-state index is -0.461. The summed E-state index contributed by atoms with van der Waals surface area (Å²) >= 11 is 0. The maximum atomic E-state index is 7.60. The summed E-state index contributed by atoms with van der Waals surface area (Å²) in [6, 6.07) is 134. The number of furan rings is 2. The molecule has 2 aliphatic rings. The Balaban J connectivity index is 0.658. The van der Waals surface area contributed by atoms with Gasteiger partial charge in [-0.05, 0) is 218 Å². The van der Waals surface area contributed by atoms with Crippen molar-refractivity contribution in [2.45, 2.75) is 38.0 Å². The Hall–Kier alpha value is -13.9. The smallest absolute Gasteiger partial charge is 0.143 e. The van der Waals surface area contributed by atoms with Crippen LogP contribution in [-0.4, -0.2) is 0 Å². The molecule has 2 aliphatic carbocycles. The van der Waals surface area contributed by atoms with E-state index in [2.05, 4.69) is 379 Å². The summed E-state index contributed by atoms with van der Waals surface area (Å²) < 4.78 is 15.0. The van der Waals surface area contributed by atoms with Crippen molar-refractivity contribution >= 4 is 130 Å². The Morgan fingerprint density at radius 3 is 1.24 bits per heavy atom. The highest BCUT2D eigenvalue weighted by molar-refractivity contribution is 6.32. The molecule has 0 amide bonds. The lowest BCUT2D eigenvalue weighted by molar-refractivity contribution is 0.587. The second-order valence-electron chi connectivity index (χ2n) is 32.0. The van der Waals surface area contributed by atoms with Crippen LogP contribution in [0.1, 0.15) is 48.6 Å². The van der Waals surface area contributed by atoms with Gasteiger partial charge in [0.15, 0.2) is 0 Å². The average Bonchev–Trinajstić information content (AvgIpc) is 1.50. The molecule has 2 heteroatoms. The van der Waals surface area contributed by atoms with Gasteiger partial charge in [-0.15, -0.1) is 0 Å². The van der Waals surface area contributed by atoms with Crippen LogP contribution in [-0.2, 0) is 17.3 Å². The standard InChI is InChI=1S/C110H70O2/c1-109(2)93-47-25-24-46-88(93)103-95(109)62-92-101-72-32-10-9-29-66(72)53-58-96(101)111-108(92)105(103)102-84-44-21-19-42-82(84)99(83-43-20-22-45-85(83)102)87-57-55-71(74-34-12-14-36-76(74)87)67-51-49-64(50-52-67)63-110(3)94-48-26-23-37-77(94)89-61-91(107-104(106(89)110)90-59-68-30-7-8-31-69(68)60-97(90)112-107)100-80-40-17-15-38-78(80)98(79-39-16-18-41-81(79)100)86-56-54-70(65-27-5-4-6-28-65)73-33-11-13-35-75(73)86/h4-62H,63H2,1-3H3. The van der Waals surface area contributed by atoms with E-state index in [1.54, 1.807) is 0 Å². The molecular weight excluding hydrogens is 1350 g/mol. The Labute approximate surface area is 647 Å². The molecule has 0 fully saturated rings. The van der Waals surface area contributed by atoms with Crippen molar-refractivity contribution in [3.8, 4) is 89.0 Å². The molecule has 0 radical (unpaired) electrons. The molecule has 2 nitrogen and oxygen atoms in total. The van der Waals surface area contributed by atoms with Crippen LogP contribution in [0.2, 0.25) is 0 Å². The minimum Gasteiger partial charge on any atom is -0.455 e. The summed E-state index contributed by atoms with van der Waals surface area (Å²) in [5, 5.41) is 23.9. The molecule has 0 bridgehead atoms. The summed E-state index contributed by atoms with van der Waals surface area (Å²) in [4.78, 5) is 0. The van der Waals surface area contributed by atoms with Gasteiger partial charge in [0.2, 0.25) is 0 Å². The molecule has 522 valence electrons. The van der Waals surface area contributed by atoms with E-state index in [1.165, 1.54) is 197 Å². The maximum absolute atomic E-state index is 7.60. The van der Waals surface area contributed by atoms with Gasteiger partial charge in [0.1, 0.15) is 22.3 Å². The second kappa shape index (κ2) is 23.5. The van der Waals surface area contributed by atoms with Crippen LogP contribution in [0.15, 0.2) is 367 Å². The lowest BCUT2D eigenvalue weighted by atomic mass is 9.73. The Morgan fingerprint density at radius 1 is 0.223 bits per heavy atom. The van der Waals surface area contributed by atoms with E-state index in [4.69, 9.17) is 8.83 Å². The zero-order chi connectivity index (χ0) is 73.8. The molecule has 20 aromatic carbocycles. The number of rotatable bonds is 8. The molecule has 1 atom stereocenters. The Kier molecular flexibility index (Phi) is 13.3. The monoisotopic (exact) mass is 1420 g/mol. The number of fused-ring (bicyclic) bond motifs is 22. The van der Waals surface area contributed by atoms with Crippen LogP contribution >= 0.6 is 0 Å². The summed E-state index contributed by atoms with van der Waals surface area (Å²) in [5.74, 6) is 0. The first kappa shape index (κ1) is 63.1. The third-order valence-corrected chi connectivity index (χ3v) is 25.8. The van der Waals surface area contributed by atoms with Crippen LogP contribution in [0.3, 0.4) is 0 Å². The largest absolute Gasteiger partial charge is 0.455 e. The normalized spacial score (nSPS) is 14.3. The van der Waals surface area contributed by atoms with E-state index >= 15 is 0 Å². The van der Waals surface area contributed by atoms with Crippen molar-refractivity contribution in [1.82, 2.24) is 0 Å². The van der Waals surface area contributed by atoms with Crippen LogP contribution in [0, 0.1) is 0 Å². The van der Waals surface area contributed by atoms with Gasteiger partial charge in [-0.25, -0.2) is 0 Å². The summed E-state index contributed by atoms with van der Waals surface area (Å²) in [6.07, 6.45) is 0.772. The van der Waals surface area contributed by atoms with E-state index < -0.39 is 5.41 Å². The van der Waals surface area contributed by atoms with E-state index in [1.807, 2.05) is 0 Å². The van der Waals surface area contributed by atoms with Gasteiger partial charge < -0.3 is 8.83 Å². The summed E-state index contributed by atoms with van der Waals surface area (Å²) in [5.41, 5.74) is 28.9. The van der Waals surface area contributed by atoms with Crippen molar-refractivity contribution in [3.05, 3.63) is 386 Å². The van der Waals surface area contributed by atoms with Gasteiger partial charge >= 0.3 is 0 Å². The molecule has 0 N–H and O–H groups in total. The first-order valence-electron chi connectivity index (χ1n) is 39.3. The summed E-state index contributed by atoms with van der Waals surface area (Å²) in [6.45, 7) is 7.30. The van der Waals surface area contributed by atoms with Crippen LogP contribution in [0.5, 0.6) is 0 Å².